The van der Waals surface area contributed by atoms with Gasteiger partial charge in [0.15, 0.2) is 10.8 Å². The van der Waals surface area contributed by atoms with Gasteiger partial charge < -0.3 is 0 Å². The Hall–Kier alpha value is -2.90. The molecule has 0 unspecified atom stereocenters. The SMILES string of the molecule is O=c1[nH]c2nc(SCc3ccccc3Cl)ncc2c(=O)n1-c1ccccc1. The van der Waals surface area contributed by atoms with Gasteiger partial charge in [-0.15, -0.1) is 0 Å². The Labute approximate surface area is 162 Å². The highest BCUT2D eigenvalue weighted by atomic mass is 35.5. The number of rotatable bonds is 4. The molecule has 2 aromatic heterocycles. The lowest BCUT2D eigenvalue weighted by molar-refractivity contribution is 0.877. The molecule has 27 heavy (non-hydrogen) atoms. The maximum atomic E-state index is 12.7. The molecular weight excluding hydrogens is 384 g/mol. The highest BCUT2D eigenvalue weighted by Gasteiger charge is 2.12. The minimum Gasteiger partial charge on any atom is -0.291 e. The number of nitrogens with one attached hydrogen (secondary N) is 1. The number of aromatic amines is 1. The Bertz CT molecular complexity index is 1240. The first-order chi connectivity index (χ1) is 13.1. The molecule has 0 saturated carbocycles. The van der Waals surface area contributed by atoms with Crippen molar-refractivity contribution < 1.29 is 0 Å². The number of halogens is 1. The smallest absolute Gasteiger partial charge is 0.291 e. The molecule has 4 rings (SSSR count). The van der Waals surface area contributed by atoms with Crippen molar-refractivity contribution in [1.29, 1.82) is 0 Å². The number of benzene rings is 2. The van der Waals surface area contributed by atoms with Gasteiger partial charge in [-0.2, -0.15) is 0 Å². The normalized spacial score (nSPS) is 11.0. The van der Waals surface area contributed by atoms with E-state index in [1.165, 1.54) is 18.0 Å². The van der Waals surface area contributed by atoms with Crippen molar-refractivity contribution >= 4 is 34.4 Å². The van der Waals surface area contributed by atoms with Crippen LogP contribution < -0.4 is 11.2 Å². The Balaban J connectivity index is 1.71. The molecule has 0 aliphatic rings. The average Bonchev–Trinajstić information content (AvgIpc) is 2.68. The number of nitrogens with zero attached hydrogens (tertiary/aromatic N) is 3. The number of hydrogen-bond donors (Lipinski definition) is 1. The van der Waals surface area contributed by atoms with Crippen molar-refractivity contribution in [2.45, 2.75) is 10.9 Å². The van der Waals surface area contributed by atoms with E-state index in [2.05, 4.69) is 15.0 Å². The van der Waals surface area contributed by atoms with Crippen LogP contribution in [0.25, 0.3) is 16.7 Å². The average molecular weight is 397 g/mol. The third kappa shape index (κ3) is 3.51. The molecule has 0 radical (unpaired) electrons. The third-order valence-corrected chi connectivity index (χ3v) is 5.24. The lowest BCUT2D eigenvalue weighted by atomic mass is 10.2. The fourth-order valence-electron chi connectivity index (χ4n) is 2.63. The number of H-pyrrole nitrogens is 1. The lowest BCUT2D eigenvalue weighted by Gasteiger charge is -2.07. The van der Waals surface area contributed by atoms with Gasteiger partial charge in [-0.3, -0.25) is 9.78 Å². The van der Waals surface area contributed by atoms with Gasteiger partial charge in [-0.25, -0.2) is 19.3 Å². The summed E-state index contributed by atoms with van der Waals surface area (Å²) in [5, 5.41) is 1.38. The van der Waals surface area contributed by atoms with E-state index in [0.29, 0.717) is 21.6 Å². The summed E-state index contributed by atoms with van der Waals surface area (Å²) in [6, 6.07) is 16.2. The van der Waals surface area contributed by atoms with Gasteiger partial charge in [0.1, 0.15) is 5.39 Å². The summed E-state index contributed by atoms with van der Waals surface area (Å²) in [4.78, 5) is 36.4. The minimum absolute atomic E-state index is 0.217. The summed E-state index contributed by atoms with van der Waals surface area (Å²) >= 11 is 7.53. The van der Waals surface area contributed by atoms with Crippen LogP contribution in [0.5, 0.6) is 0 Å². The van der Waals surface area contributed by atoms with Crippen LogP contribution in [0.4, 0.5) is 0 Å². The maximum Gasteiger partial charge on any atom is 0.334 e. The van der Waals surface area contributed by atoms with Crippen LogP contribution in [-0.2, 0) is 5.75 Å². The van der Waals surface area contributed by atoms with Crippen LogP contribution in [0.3, 0.4) is 0 Å². The molecule has 134 valence electrons. The van der Waals surface area contributed by atoms with Crippen molar-refractivity contribution in [1.82, 2.24) is 19.5 Å². The van der Waals surface area contributed by atoms with Gasteiger partial charge >= 0.3 is 5.69 Å². The summed E-state index contributed by atoms with van der Waals surface area (Å²) in [5.41, 5.74) is 0.666. The zero-order valence-electron chi connectivity index (χ0n) is 13.9. The number of para-hydroxylation sites is 1. The number of thioether (sulfide) groups is 1. The Morgan fingerprint density at radius 2 is 1.78 bits per heavy atom. The van der Waals surface area contributed by atoms with Gasteiger partial charge in [-0.1, -0.05) is 59.8 Å². The van der Waals surface area contributed by atoms with Crippen molar-refractivity contribution in [2.75, 3.05) is 0 Å². The monoisotopic (exact) mass is 396 g/mol. The molecule has 2 aromatic carbocycles. The largest absolute Gasteiger partial charge is 0.334 e. The van der Waals surface area contributed by atoms with Crippen molar-refractivity contribution in [3.63, 3.8) is 0 Å². The topological polar surface area (TPSA) is 80.6 Å². The van der Waals surface area contributed by atoms with Crippen LogP contribution in [0, 0.1) is 0 Å². The maximum absolute atomic E-state index is 12.7. The molecule has 1 N–H and O–H groups in total. The summed E-state index contributed by atoms with van der Waals surface area (Å²) < 4.78 is 1.07. The molecular formula is C19H13ClN4O2S. The molecule has 8 heteroatoms. The van der Waals surface area contributed by atoms with Crippen LogP contribution in [0.2, 0.25) is 5.02 Å². The quantitative estimate of drug-likeness (QED) is 0.422. The van der Waals surface area contributed by atoms with Crippen LogP contribution in [0.15, 0.2) is 75.5 Å². The second kappa shape index (κ2) is 7.38. The molecule has 2 heterocycles. The first-order valence-electron chi connectivity index (χ1n) is 8.07. The van der Waals surface area contributed by atoms with Gasteiger partial charge in [0, 0.05) is 17.0 Å². The van der Waals surface area contributed by atoms with E-state index in [-0.39, 0.29) is 11.0 Å². The van der Waals surface area contributed by atoms with Crippen LogP contribution in [0.1, 0.15) is 5.56 Å². The van der Waals surface area contributed by atoms with Crippen LogP contribution >= 0.6 is 23.4 Å². The lowest BCUT2D eigenvalue weighted by Crippen LogP contribution is -2.34. The Morgan fingerprint density at radius 1 is 1.04 bits per heavy atom. The van der Waals surface area contributed by atoms with Crippen LogP contribution in [-0.4, -0.2) is 19.5 Å². The third-order valence-electron chi connectivity index (χ3n) is 3.96. The molecule has 0 fully saturated rings. The number of aromatic nitrogens is 4. The predicted octanol–water partition coefficient (Wildman–Crippen LogP) is 3.41. The van der Waals surface area contributed by atoms with Crippen molar-refractivity contribution in [2.24, 2.45) is 0 Å². The fourth-order valence-corrected chi connectivity index (χ4v) is 3.73. The molecule has 4 aromatic rings. The van der Waals surface area contributed by atoms with Gasteiger partial charge in [0.2, 0.25) is 0 Å². The second-order valence-corrected chi connectivity index (χ2v) is 7.05. The molecule has 6 nitrogen and oxygen atoms in total. The number of hydrogen-bond acceptors (Lipinski definition) is 5. The van der Waals surface area contributed by atoms with E-state index < -0.39 is 11.2 Å². The van der Waals surface area contributed by atoms with E-state index in [9.17, 15) is 9.59 Å². The molecule has 0 aliphatic carbocycles. The molecule has 0 amide bonds. The molecule has 0 aliphatic heterocycles. The standard InChI is InChI=1S/C19H13ClN4O2S/c20-15-9-5-4-6-12(15)11-27-18-21-10-14-16(22-18)23-19(26)24(17(14)25)13-7-2-1-3-8-13/h1-10H,11H2,(H,21,22,23,26). The van der Waals surface area contributed by atoms with E-state index in [1.54, 1.807) is 24.3 Å². The zero-order valence-corrected chi connectivity index (χ0v) is 15.5. The summed E-state index contributed by atoms with van der Waals surface area (Å²) in [7, 11) is 0. The summed E-state index contributed by atoms with van der Waals surface area (Å²) in [5.74, 6) is 0.580. The zero-order chi connectivity index (χ0) is 18.8. The molecule has 0 saturated heterocycles. The van der Waals surface area contributed by atoms with E-state index >= 15 is 0 Å². The van der Waals surface area contributed by atoms with E-state index in [1.807, 2.05) is 30.3 Å². The van der Waals surface area contributed by atoms with Crippen molar-refractivity contribution in [3.8, 4) is 5.69 Å². The van der Waals surface area contributed by atoms with E-state index in [4.69, 9.17) is 11.6 Å². The molecule has 0 bridgehead atoms. The summed E-state index contributed by atoms with van der Waals surface area (Å²) in [6.45, 7) is 0. The highest BCUT2D eigenvalue weighted by Crippen LogP contribution is 2.24. The predicted molar refractivity (Wildman–Crippen MR) is 107 cm³/mol. The Morgan fingerprint density at radius 3 is 2.56 bits per heavy atom. The van der Waals surface area contributed by atoms with Gasteiger partial charge in [-0.05, 0) is 23.8 Å². The molecule has 0 spiro atoms. The summed E-state index contributed by atoms with van der Waals surface area (Å²) in [6.07, 6.45) is 1.44. The molecule has 0 atom stereocenters. The second-order valence-electron chi connectivity index (χ2n) is 5.70. The fraction of sp³-hybridized carbons (Fsp3) is 0.0526. The highest BCUT2D eigenvalue weighted by molar-refractivity contribution is 7.98. The van der Waals surface area contributed by atoms with E-state index in [0.717, 1.165) is 10.1 Å². The minimum atomic E-state index is -0.542. The number of fused-ring (bicyclic) bond motifs is 1. The Kier molecular flexibility index (Phi) is 4.79. The van der Waals surface area contributed by atoms with Gasteiger partial charge in [0.25, 0.3) is 5.56 Å². The first-order valence-corrected chi connectivity index (χ1v) is 9.43. The van der Waals surface area contributed by atoms with Crippen molar-refractivity contribution in [3.05, 3.63) is 92.2 Å². The van der Waals surface area contributed by atoms with Gasteiger partial charge in [0.05, 0.1) is 5.69 Å². The first kappa shape index (κ1) is 17.5.